The molecule has 0 saturated heterocycles. The maximum Gasteiger partial charge on any atom is 0.472 e. The van der Waals surface area contributed by atoms with Gasteiger partial charge in [0.1, 0.15) is 12.2 Å². The molecule has 0 amide bonds. The largest absolute Gasteiger partial charge is 0.472 e. The van der Waals surface area contributed by atoms with Crippen molar-refractivity contribution in [2.45, 2.75) is 193 Å². The second kappa shape index (κ2) is 51.3. The third-order valence-electron chi connectivity index (χ3n) is 10.1. The third-order valence-corrected chi connectivity index (χ3v) is 11.1. The average Bonchev–Trinajstić information content (AvgIpc) is 3.31. The van der Waals surface area contributed by atoms with Crippen LogP contribution in [0.3, 0.4) is 0 Å². The van der Waals surface area contributed by atoms with Crippen molar-refractivity contribution in [3.05, 3.63) is 122 Å². The number of carbonyl (C=O) groups is 1. The Kier molecular flexibility index (Phi) is 48.8. The summed E-state index contributed by atoms with van der Waals surface area (Å²) in [4.78, 5) is 22.7. The van der Waals surface area contributed by atoms with Crippen LogP contribution < -0.4 is 0 Å². The van der Waals surface area contributed by atoms with Crippen LogP contribution in [-0.4, -0.2) is 66.3 Å². The van der Waals surface area contributed by atoms with E-state index in [4.69, 9.17) is 23.6 Å². The number of hydrogen-bond acceptors (Lipinski definition) is 8. The van der Waals surface area contributed by atoms with Crippen LogP contribution in [0.5, 0.6) is 0 Å². The summed E-state index contributed by atoms with van der Waals surface area (Å²) in [5.74, 6) is -0.403. The molecule has 0 saturated carbocycles. The Morgan fingerprint density at radius 3 is 1.23 bits per heavy atom. The van der Waals surface area contributed by atoms with Crippen molar-refractivity contribution in [1.82, 2.24) is 0 Å². The van der Waals surface area contributed by atoms with Crippen molar-refractivity contribution >= 4 is 13.8 Å². The molecule has 3 atom stereocenters. The minimum Gasteiger partial charge on any atom is -0.457 e. The molecule has 3 N–H and O–H groups in total. The van der Waals surface area contributed by atoms with E-state index in [1.807, 2.05) is 0 Å². The van der Waals surface area contributed by atoms with Crippen molar-refractivity contribution in [1.29, 1.82) is 0 Å². The molecule has 0 spiro atoms. The Morgan fingerprint density at radius 1 is 0.470 bits per heavy atom. The summed E-state index contributed by atoms with van der Waals surface area (Å²) >= 11 is 0. The van der Waals surface area contributed by atoms with Crippen LogP contribution in [0.15, 0.2) is 122 Å². The molecule has 3 unspecified atom stereocenters. The number of phosphoric ester groups is 1. The number of hydrogen-bond donors (Lipinski definition) is 3. The van der Waals surface area contributed by atoms with Gasteiger partial charge < -0.3 is 24.6 Å². The number of phosphoric acid groups is 1. The van der Waals surface area contributed by atoms with Crippen molar-refractivity contribution in [3.8, 4) is 0 Å². The van der Waals surface area contributed by atoms with Gasteiger partial charge in [-0.3, -0.25) is 13.8 Å². The van der Waals surface area contributed by atoms with Crippen molar-refractivity contribution in [2.75, 3.05) is 33.0 Å². The first-order valence-corrected chi connectivity index (χ1v) is 27.0. The quantitative estimate of drug-likeness (QED) is 0.0236. The fourth-order valence-electron chi connectivity index (χ4n) is 6.35. The molecule has 10 heteroatoms. The van der Waals surface area contributed by atoms with Crippen LogP contribution >= 0.6 is 7.82 Å². The zero-order valence-corrected chi connectivity index (χ0v) is 42.3. The van der Waals surface area contributed by atoms with Crippen LogP contribution in [0.1, 0.15) is 181 Å². The van der Waals surface area contributed by atoms with E-state index in [0.717, 1.165) is 128 Å². The summed E-state index contributed by atoms with van der Waals surface area (Å²) in [5, 5.41) is 18.4. The van der Waals surface area contributed by atoms with E-state index in [0.29, 0.717) is 13.0 Å². The summed E-state index contributed by atoms with van der Waals surface area (Å²) in [7, 11) is -4.54. The number of ether oxygens (including phenoxy) is 2. The minimum absolute atomic E-state index is 0.0238. The van der Waals surface area contributed by atoms with E-state index in [9.17, 15) is 19.4 Å². The monoisotopic (exact) mass is 941 g/mol. The molecule has 0 fully saturated rings. The lowest BCUT2D eigenvalue weighted by atomic mass is 10.1. The summed E-state index contributed by atoms with van der Waals surface area (Å²) < 4.78 is 33.5. The Bertz CT molecular complexity index is 1440. The highest BCUT2D eigenvalue weighted by atomic mass is 31.2. The zero-order chi connectivity index (χ0) is 48.1. The van der Waals surface area contributed by atoms with Gasteiger partial charge in [-0.15, -0.1) is 0 Å². The second-order valence-electron chi connectivity index (χ2n) is 16.4. The smallest absolute Gasteiger partial charge is 0.457 e. The molecule has 0 rings (SSSR count). The van der Waals surface area contributed by atoms with Gasteiger partial charge in [0.25, 0.3) is 0 Å². The molecular weight excluding hydrogens is 848 g/mol. The Hall–Kier alpha value is -3.14. The van der Waals surface area contributed by atoms with Gasteiger partial charge in [-0.1, -0.05) is 193 Å². The highest BCUT2D eigenvalue weighted by molar-refractivity contribution is 7.47. The van der Waals surface area contributed by atoms with E-state index in [-0.39, 0.29) is 13.0 Å². The number of aliphatic hydroxyl groups is 2. The van der Waals surface area contributed by atoms with Gasteiger partial charge in [0.15, 0.2) is 0 Å². The molecule has 0 aromatic carbocycles. The van der Waals surface area contributed by atoms with Gasteiger partial charge in [-0.25, -0.2) is 4.57 Å². The summed E-state index contributed by atoms with van der Waals surface area (Å²) in [6.07, 6.45) is 68.7. The van der Waals surface area contributed by atoms with Crippen molar-refractivity contribution in [3.63, 3.8) is 0 Å². The van der Waals surface area contributed by atoms with E-state index in [1.165, 1.54) is 25.7 Å². The number of unbranched alkanes of at least 4 members (excludes halogenated alkanes) is 13. The van der Waals surface area contributed by atoms with Gasteiger partial charge in [0.05, 0.1) is 26.4 Å². The summed E-state index contributed by atoms with van der Waals surface area (Å²) in [6, 6.07) is 0. The number of esters is 1. The molecule has 0 aromatic heterocycles. The SMILES string of the molecule is CC/C=C\C/C=C\C/C=C\C/C=C\C/C=C\C/C=C\CCCCCCCOCC(COP(=O)(O)OCC(O)CO)OC(=O)CCCCCCCCCC/C=C\C/C=C\C/C=C\C/C=C\CC. The van der Waals surface area contributed by atoms with E-state index < -0.39 is 45.8 Å². The second-order valence-corrected chi connectivity index (χ2v) is 17.9. The number of carbonyl (C=O) groups excluding carboxylic acids is 1. The lowest BCUT2D eigenvalue weighted by Gasteiger charge is -2.20. The molecular formula is C56H93O9P. The third kappa shape index (κ3) is 50.3. The average molecular weight is 941 g/mol. The Morgan fingerprint density at radius 2 is 0.818 bits per heavy atom. The van der Waals surface area contributed by atoms with Crippen molar-refractivity contribution < 1.29 is 43.0 Å². The first kappa shape index (κ1) is 62.9. The molecule has 0 aliphatic rings. The molecule has 9 nitrogen and oxygen atoms in total. The van der Waals surface area contributed by atoms with Crippen LogP contribution in [0, 0.1) is 0 Å². The predicted octanol–water partition coefficient (Wildman–Crippen LogP) is 15.1. The molecule has 0 aromatic rings. The molecule has 376 valence electrons. The maximum absolute atomic E-state index is 12.7. The normalized spacial score (nSPS) is 14.8. The minimum atomic E-state index is -4.54. The van der Waals surface area contributed by atoms with E-state index >= 15 is 0 Å². The van der Waals surface area contributed by atoms with Crippen LogP contribution in [-0.2, 0) is 27.9 Å². The van der Waals surface area contributed by atoms with E-state index in [1.54, 1.807) is 0 Å². The summed E-state index contributed by atoms with van der Waals surface area (Å²) in [6.45, 7) is 3.21. The Balaban J connectivity index is 4.19. The molecule has 0 heterocycles. The fraction of sp³-hybridized carbons (Fsp3) is 0.625. The topological polar surface area (TPSA) is 132 Å². The first-order valence-electron chi connectivity index (χ1n) is 25.5. The first-order chi connectivity index (χ1) is 32.3. The van der Waals surface area contributed by atoms with Crippen LogP contribution in [0.2, 0.25) is 0 Å². The predicted molar refractivity (Wildman–Crippen MR) is 278 cm³/mol. The molecule has 0 radical (unpaired) electrons. The number of allylic oxidation sites excluding steroid dienone is 20. The van der Waals surface area contributed by atoms with Gasteiger partial charge in [0.2, 0.25) is 0 Å². The lowest BCUT2D eigenvalue weighted by molar-refractivity contribution is -0.154. The highest BCUT2D eigenvalue weighted by Crippen LogP contribution is 2.43. The highest BCUT2D eigenvalue weighted by Gasteiger charge is 2.26. The van der Waals surface area contributed by atoms with Gasteiger partial charge in [-0.2, -0.15) is 0 Å². The molecule has 0 bridgehead atoms. The molecule has 66 heavy (non-hydrogen) atoms. The van der Waals surface area contributed by atoms with Crippen LogP contribution in [0.25, 0.3) is 0 Å². The van der Waals surface area contributed by atoms with Gasteiger partial charge in [0, 0.05) is 13.0 Å². The fourth-order valence-corrected chi connectivity index (χ4v) is 7.14. The van der Waals surface area contributed by atoms with Gasteiger partial charge >= 0.3 is 13.8 Å². The molecule has 0 aliphatic carbocycles. The Labute approximate surface area is 402 Å². The lowest BCUT2D eigenvalue weighted by Crippen LogP contribution is -2.29. The van der Waals surface area contributed by atoms with Crippen LogP contribution in [0.4, 0.5) is 0 Å². The van der Waals surface area contributed by atoms with E-state index in [2.05, 4.69) is 135 Å². The van der Waals surface area contributed by atoms with Crippen molar-refractivity contribution in [2.24, 2.45) is 0 Å². The number of aliphatic hydroxyl groups excluding tert-OH is 2. The number of rotatable bonds is 47. The molecule has 0 aliphatic heterocycles. The van der Waals surface area contributed by atoms with Gasteiger partial charge in [-0.05, 0) is 103 Å². The zero-order valence-electron chi connectivity index (χ0n) is 41.4. The standard InChI is InChI=1S/C56H93O9P/c1-3-5-7-9-11-13-15-17-19-21-23-25-26-27-29-31-33-35-37-39-41-43-45-47-49-62-52-55(53-64-66(60,61)63-51-54(58)50-57)65-56(59)48-46-44-42-40-38-36-34-32-30-28-24-22-20-18-16-14-12-10-8-6-4-2/h5-8,11-14,17-20,23-25,27-29,33,35,54-55,57-58H,3-4,9-10,15-16,21-22,26,30-32,34,36-53H2,1-2H3,(H,60,61)/b7-5-,8-6-,13-11-,14-12-,19-17-,20-18-,25-23-,28-24-,29-27-,35-33-. The maximum atomic E-state index is 12.7. The summed E-state index contributed by atoms with van der Waals surface area (Å²) in [5.41, 5.74) is 0.